The maximum atomic E-state index is 14.9. The quantitative estimate of drug-likeness (QED) is 0.304. The van der Waals surface area contributed by atoms with Gasteiger partial charge in [-0.15, -0.1) is 0 Å². The Kier molecular flexibility index (Phi) is 5.14. The molecule has 3 rings (SSSR count). The smallest absolute Gasteiger partial charge is 0.415 e. The van der Waals surface area contributed by atoms with Gasteiger partial charge >= 0.3 is 6.09 Å². The lowest BCUT2D eigenvalue weighted by Crippen LogP contribution is -2.34. The van der Waals surface area contributed by atoms with Crippen molar-refractivity contribution in [1.82, 2.24) is 4.98 Å². The fourth-order valence-electron chi connectivity index (χ4n) is 2.57. The number of carbonyl (C=O) groups excluding carboxylic acids is 1. The van der Waals surface area contributed by atoms with Crippen LogP contribution < -0.4 is 9.64 Å². The van der Waals surface area contributed by atoms with Gasteiger partial charge in [0.25, 0.3) is 0 Å². The molecule has 0 aliphatic carbocycles. The molecule has 3 aromatic rings. The van der Waals surface area contributed by atoms with Crippen molar-refractivity contribution in [3.8, 4) is 17.1 Å². The van der Waals surface area contributed by atoms with Crippen molar-refractivity contribution in [2.24, 2.45) is 0 Å². The molecule has 0 aliphatic heterocycles. The minimum absolute atomic E-state index is 0.00131. The first-order valence-corrected chi connectivity index (χ1v) is 9.33. The molecule has 30 heavy (non-hydrogen) atoms. The Morgan fingerprint density at radius 2 is 2.07 bits per heavy atom. The minimum atomic E-state index is -2.93. The number of hydrogen-bond donors (Lipinski definition) is 0. The molecule has 0 saturated heterocycles. The monoisotopic (exact) mass is 418 g/mol. The zero-order chi connectivity index (χ0) is 24.4. The molecule has 2 aromatic heterocycles. The first-order chi connectivity index (χ1) is 15.4. The summed E-state index contributed by atoms with van der Waals surface area (Å²) >= 11 is 0. The van der Waals surface area contributed by atoms with Gasteiger partial charge in [0.05, 0.1) is 5.56 Å². The first kappa shape index (κ1) is 17.7. The number of furan rings is 1. The lowest BCUT2D eigenvalue weighted by atomic mass is 10.2. The van der Waals surface area contributed by atoms with Crippen molar-refractivity contribution in [3.05, 3.63) is 42.3 Å². The molecule has 160 valence electrons. The van der Waals surface area contributed by atoms with Crippen molar-refractivity contribution in [2.75, 3.05) is 25.3 Å². The number of hydrogen-bond acceptors (Lipinski definition) is 6. The Morgan fingerprint density at radius 1 is 1.27 bits per heavy atom. The number of aromatic nitrogens is 1. The van der Waals surface area contributed by atoms with E-state index in [9.17, 15) is 9.18 Å². The van der Waals surface area contributed by atoms with Crippen LogP contribution in [0.25, 0.3) is 22.3 Å². The predicted molar refractivity (Wildman–Crippen MR) is 111 cm³/mol. The molecule has 1 amide bonds. The van der Waals surface area contributed by atoms with Crippen LogP contribution in [-0.4, -0.2) is 37.1 Å². The summed E-state index contributed by atoms with van der Waals surface area (Å²) < 4.78 is 59.4. The van der Waals surface area contributed by atoms with Crippen molar-refractivity contribution in [3.63, 3.8) is 0 Å². The van der Waals surface area contributed by atoms with E-state index in [0.717, 1.165) is 0 Å². The second kappa shape index (κ2) is 8.71. The van der Waals surface area contributed by atoms with E-state index < -0.39 is 30.4 Å². The number of pyridine rings is 1. The van der Waals surface area contributed by atoms with E-state index in [2.05, 4.69) is 4.98 Å². The Morgan fingerprint density at radius 3 is 2.73 bits per heavy atom. The fraction of sp³-hybridized carbons (Fsp3) is 0.364. The number of halogens is 1. The maximum absolute atomic E-state index is 14.9. The van der Waals surface area contributed by atoms with Crippen LogP contribution in [0.1, 0.15) is 31.8 Å². The summed E-state index contributed by atoms with van der Waals surface area (Å²) in [5.74, 6) is -0.672. The molecule has 7 nitrogen and oxygen atoms in total. The van der Waals surface area contributed by atoms with Crippen molar-refractivity contribution >= 4 is 22.9 Å². The number of carbonyl (C=O) groups is 1. The summed E-state index contributed by atoms with van der Waals surface area (Å²) in [5.41, 5.74) is -0.449. The van der Waals surface area contributed by atoms with Gasteiger partial charge in [-0.3, -0.25) is 4.90 Å². The molecule has 0 aliphatic rings. The van der Waals surface area contributed by atoms with Gasteiger partial charge in [-0.2, -0.15) is 4.39 Å². The van der Waals surface area contributed by atoms with Gasteiger partial charge in [0.2, 0.25) is 5.95 Å². The Balaban J connectivity index is 1.91. The maximum Gasteiger partial charge on any atom is 0.415 e. The average Bonchev–Trinajstić information content (AvgIpc) is 3.08. The highest BCUT2D eigenvalue weighted by atomic mass is 18.2. The predicted octanol–water partition coefficient (Wildman–Crippen LogP) is 5.38. The van der Waals surface area contributed by atoms with Crippen LogP contribution in [0.2, 0.25) is 0 Å². The number of rotatable bonds is 6. The van der Waals surface area contributed by atoms with E-state index in [1.54, 1.807) is 45.0 Å². The van der Waals surface area contributed by atoms with Crippen LogP contribution in [0.15, 0.2) is 40.8 Å². The largest absolute Gasteiger partial charge is 0.468 e. The van der Waals surface area contributed by atoms with Crippen LogP contribution in [0.5, 0.6) is 5.75 Å². The third-order valence-electron chi connectivity index (χ3n) is 3.91. The third-order valence-corrected chi connectivity index (χ3v) is 3.91. The molecular formula is C22H25FN2O5. The SMILES string of the molecule is [2H]C([2H])([2H])N(C(=O)OC(C)(C)C)c1ccc(-c2cc3cc(OCOCC)ccc3o2)c([18F])n1. The molecule has 2 heterocycles. The van der Waals surface area contributed by atoms with Crippen LogP contribution in [0, 0.1) is 5.95 Å². The lowest BCUT2D eigenvalue weighted by Gasteiger charge is -2.24. The molecule has 0 unspecified atom stereocenters. The topological polar surface area (TPSA) is 74.0 Å². The molecule has 0 radical (unpaired) electrons. The van der Waals surface area contributed by atoms with E-state index in [1.165, 1.54) is 12.1 Å². The molecular weight excluding hydrogens is 390 g/mol. The number of nitrogens with zero attached hydrogens (tertiary/aromatic N) is 2. The summed E-state index contributed by atoms with van der Waals surface area (Å²) in [7, 11) is 0. The second-order valence-corrected chi connectivity index (χ2v) is 7.39. The highest BCUT2D eigenvalue weighted by molar-refractivity contribution is 5.87. The summed E-state index contributed by atoms with van der Waals surface area (Å²) in [6.45, 7) is 4.32. The van der Waals surface area contributed by atoms with E-state index in [0.29, 0.717) is 28.2 Å². The molecule has 1 aromatic carbocycles. The molecule has 0 bridgehead atoms. The highest BCUT2D eigenvalue weighted by Gasteiger charge is 2.22. The van der Waals surface area contributed by atoms with Crippen molar-refractivity contribution in [1.29, 1.82) is 0 Å². The Bertz CT molecular complexity index is 1140. The first-order valence-electron chi connectivity index (χ1n) is 10.8. The van der Waals surface area contributed by atoms with Crippen LogP contribution >= 0.6 is 0 Å². The van der Waals surface area contributed by atoms with Crippen LogP contribution in [0.3, 0.4) is 0 Å². The van der Waals surface area contributed by atoms with Gasteiger partial charge in [0, 0.05) is 23.1 Å². The van der Waals surface area contributed by atoms with E-state index in [4.69, 9.17) is 22.7 Å². The van der Waals surface area contributed by atoms with Gasteiger partial charge in [-0.05, 0) is 64.1 Å². The normalized spacial score (nSPS) is 13.4. The number of benzene rings is 1. The summed E-state index contributed by atoms with van der Waals surface area (Å²) in [6.07, 6.45) is -1.16. The van der Waals surface area contributed by atoms with Crippen LogP contribution in [0.4, 0.5) is 15.0 Å². The standard InChI is InChI=1S/C22H25FN2O5/c1-6-27-13-28-15-7-9-17-14(11-15)12-18(29-17)16-8-10-19(24-20(16)23)25(5)21(26)30-22(2,3)4/h7-12H,6,13H2,1-5H3/i5D3,23-1. The van der Waals surface area contributed by atoms with Gasteiger partial charge in [-0.25, -0.2) is 9.78 Å². The summed E-state index contributed by atoms with van der Waals surface area (Å²) in [4.78, 5) is 16.5. The number of fused-ring (bicyclic) bond motifs is 1. The average molecular weight is 418 g/mol. The molecule has 0 spiro atoms. The lowest BCUT2D eigenvalue weighted by molar-refractivity contribution is 0.0225. The highest BCUT2D eigenvalue weighted by Crippen LogP contribution is 2.32. The Hall–Kier alpha value is -3.13. The zero-order valence-electron chi connectivity index (χ0n) is 20.2. The second-order valence-electron chi connectivity index (χ2n) is 7.39. The van der Waals surface area contributed by atoms with Gasteiger partial charge in [0.1, 0.15) is 28.5 Å². The van der Waals surface area contributed by atoms with Crippen LogP contribution in [-0.2, 0) is 9.47 Å². The summed E-state index contributed by atoms with van der Waals surface area (Å²) in [6, 6.07) is 9.22. The summed E-state index contributed by atoms with van der Waals surface area (Å²) in [5, 5.41) is 0.667. The number of amides is 1. The fourth-order valence-corrected chi connectivity index (χ4v) is 2.57. The van der Waals surface area contributed by atoms with Gasteiger partial charge in [-0.1, -0.05) is 0 Å². The number of ether oxygens (including phenoxy) is 3. The van der Waals surface area contributed by atoms with E-state index in [-0.39, 0.29) is 18.1 Å². The Labute approximate surface area is 178 Å². The third kappa shape index (κ3) is 5.07. The van der Waals surface area contributed by atoms with Gasteiger partial charge < -0.3 is 18.6 Å². The zero-order valence-corrected chi connectivity index (χ0v) is 17.2. The van der Waals surface area contributed by atoms with Crippen molar-refractivity contribution < 1.29 is 31.9 Å². The van der Waals surface area contributed by atoms with Gasteiger partial charge in [0.15, 0.2) is 6.79 Å². The molecule has 0 atom stereocenters. The minimum Gasteiger partial charge on any atom is -0.468 e. The van der Waals surface area contributed by atoms with Crippen molar-refractivity contribution in [2.45, 2.75) is 33.3 Å². The van der Waals surface area contributed by atoms with E-state index in [1.807, 2.05) is 6.92 Å². The number of anilines is 1. The molecule has 8 heteroatoms. The molecule has 0 N–H and O–H groups in total. The molecule has 0 fully saturated rings. The molecule has 0 saturated carbocycles. The van der Waals surface area contributed by atoms with E-state index >= 15 is 0 Å².